The molecule has 0 aromatic heterocycles. The summed E-state index contributed by atoms with van der Waals surface area (Å²) in [7, 11) is 0. The minimum Gasteiger partial charge on any atom is -0.0779 e. The molecule has 0 spiro atoms. The maximum Gasteiger partial charge on any atom is 0.112 e. The summed E-state index contributed by atoms with van der Waals surface area (Å²) in [6.07, 6.45) is 0. The van der Waals surface area contributed by atoms with E-state index < -0.39 is 9.23 Å². The van der Waals surface area contributed by atoms with Gasteiger partial charge in [0.05, 0.1) is 7.80 Å². The molecule has 0 aliphatic heterocycles. The molecule has 1 saturated carbocycles. The van der Waals surface area contributed by atoms with Crippen LogP contribution in [0.3, 0.4) is 0 Å². The van der Waals surface area contributed by atoms with Crippen LogP contribution < -0.4 is 0 Å². The molecule has 1 fully saturated rings. The number of rotatable bonds is 0. The van der Waals surface area contributed by atoms with E-state index in [0.717, 1.165) is 0 Å². The Balaban J connectivity index is 3.55. The van der Waals surface area contributed by atoms with Crippen molar-refractivity contribution in [2.24, 2.45) is 0 Å². The van der Waals surface area contributed by atoms with Gasteiger partial charge in [0.1, 0.15) is 4.29 Å². The monoisotopic (exact) mass is 1080 g/mol. The molecule has 0 bridgehead atoms. The molecule has 0 saturated heterocycles. The van der Waals surface area contributed by atoms with Crippen LogP contribution in [0.5, 0.6) is 0 Å². The van der Waals surface area contributed by atoms with Crippen LogP contribution in [0, 0.1) is 0 Å². The summed E-state index contributed by atoms with van der Waals surface area (Å²) in [6.45, 7) is 0. The third kappa shape index (κ3) is 2.97. The van der Waals surface area contributed by atoms with E-state index in [1.54, 1.807) is 0 Å². The molecule has 1 rings (SSSR count). The van der Waals surface area contributed by atoms with Gasteiger partial charge in [-0.3, -0.25) is 0 Å². The van der Waals surface area contributed by atoms with E-state index in [0.29, 0.717) is 0 Å². The van der Waals surface area contributed by atoms with Gasteiger partial charge in [-0.1, -0.05) is 181 Å². The van der Waals surface area contributed by atoms with Crippen molar-refractivity contribution in [3.63, 3.8) is 0 Å². The lowest BCUT2D eigenvalue weighted by Gasteiger charge is -2.30. The van der Waals surface area contributed by atoms with Gasteiger partial charge in [-0.05, 0) is 0 Å². The first kappa shape index (κ1) is 13.8. The highest BCUT2D eigenvalue weighted by atomic mass is 127. The van der Waals surface area contributed by atoms with Crippen molar-refractivity contribution in [1.29, 1.82) is 0 Å². The highest BCUT2D eigenvalue weighted by molar-refractivity contribution is 14.2. The molecule has 2 unspecified atom stereocenters. The maximum absolute atomic E-state index is 8.63. The minimum absolute atomic E-state index is 0.289. The summed E-state index contributed by atoms with van der Waals surface area (Å²) in [4.78, 5) is 0. The summed E-state index contributed by atoms with van der Waals surface area (Å²) in [5.41, 5.74) is 0. The predicted molar refractivity (Wildman–Crippen MR) is 128 cm³/mol. The molecule has 13 heavy (non-hydrogen) atoms. The van der Waals surface area contributed by atoms with Gasteiger partial charge in [-0.2, -0.15) is 0 Å². The molecule has 0 aromatic rings. The van der Waals surface area contributed by atoms with Crippen molar-refractivity contribution in [2.75, 3.05) is 0 Å². The van der Waals surface area contributed by atoms with Crippen molar-refractivity contribution in [3.8, 4) is 0 Å². The van der Waals surface area contributed by atoms with Crippen LogP contribution in [-0.4, -0.2) is 12.1 Å². The van der Waals surface area contributed by atoms with Crippen molar-refractivity contribution >= 4 is 181 Å². The maximum atomic E-state index is 8.63. The van der Waals surface area contributed by atoms with Crippen molar-refractivity contribution in [3.05, 3.63) is 0 Å². The Hall–Kier alpha value is 5.84. The van der Waals surface area contributed by atoms with E-state index in [-0.39, 0.29) is 2.86 Å². The fourth-order valence-electron chi connectivity index (χ4n) is 0.766. The van der Waals surface area contributed by atoms with Crippen LogP contribution in [0.15, 0.2) is 0 Å². The quantitative estimate of drug-likeness (QED) is 0.198. The normalized spacial score (nSPS) is 54.2. The van der Waals surface area contributed by atoms with E-state index in [4.69, 9.17) is 2.74 Å². The van der Waals surface area contributed by atoms with Crippen LogP contribution >= 0.6 is 181 Å². The zero-order valence-corrected chi connectivity index (χ0v) is 22.8. The molecule has 78 valence electrons. The number of hydrogen-bond donors (Lipinski definition) is 0. The van der Waals surface area contributed by atoms with E-state index in [1.165, 1.54) is 0 Å². The molecule has 0 aromatic carbocycles. The van der Waals surface area contributed by atoms with Gasteiger partial charge in [-0.15, -0.1) is 0 Å². The third-order valence-electron chi connectivity index (χ3n) is 1.50. The number of alkyl halides is 8. The summed E-state index contributed by atoms with van der Waals surface area (Å²) >= 11 is 18.3. The van der Waals surface area contributed by atoms with E-state index >= 15 is 0 Å². The lowest BCUT2D eigenvalue weighted by molar-refractivity contribution is 0.981. The first-order valence-electron chi connectivity index (χ1n) is 3.76. The van der Waals surface area contributed by atoms with Gasteiger partial charge in [0.15, 0.2) is 0 Å². The van der Waals surface area contributed by atoms with Crippen LogP contribution in [-0.2, 0) is 0 Å². The second-order valence-corrected chi connectivity index (χ2v) is 20.4. The van der Waals surface area contributed by atoms with Crippen molar-refractivity contribution < 1.29 is 2.74 Å². The summed E-state index contributed by atoms with van der Waals surface area (Å²) < 4.78 is 14.9. The molecule has 0 amide bonds. The van der Waals surface area contributed by atoms with Gasteiger partial charge in [-0.25, -0.2) is 0 Å². The minimum atomic E-state index is -0.689. The Bertz CT molecular complexity index is 206. The van der Waals surface area contributed by atoms with Crippen molar-refractivity contribution in [1.82, 2.24) is 0 Å². The van der Waals surface area contributed by atoms with Gasteiger partial charge in [0.25, 0.3) is 0 Å². The van der Waals surface area contributed by atoms with E-state index in [9.17, 15) is 0 Å². The summed E-state index contributed by atoms with van der Waals surface area (Å²) in [5, 5.41) is 0. The topological polar surface area (TPSA) is 0 Å². The Morgan fingerprint density at radius 2 is 1.00 bits per heavy atom. The molecule has 2 atom stereocenters. The molecular weight excluding hydrogens is 1080 g/mol. The standard InChI is InChI=1S/C5H2I8/c6-1-3(8,9)2(7)5(12,13)4(1,10)11/h1-2H/i1D,2D. The molecule has 0 N–H and O–H groups in total. The fraction of sp³-hybridized carbons (Fsp3) is 1.00. The molecule has 1 aliphatic carbocycles. The molecular formula is C5H2I8. The fourth-order valence-corrected chi connectivity index (χ4v) is 13.1. The highest BCUT2D eigenvalue weighted by Crippen LogP contribution is 2.71. The zero-order valence-electron chi connectivity index (χ0n) is 7.52. The first-order valence-corrected chi connectivity index (χ1v) is 11.4. The second kappa shape index (κ2) is 5.68. The summed E-state index contributed by atoms with van der Waals surface area (Å²) in [5.74, 6) is 0. The lowest BCUT2D eigenvalue weighted by atomic mass is 10.4. The smallest absolute Gasteiger partial charge is 0.0779 e. The van der Waals surface area contributed by atoms with Gasteiger partial charge in [0, 0.05) is 2.74 Å². The lowest BCUT2D eigenvalue weighted by Crippen LogP contribution is -2.36. The Kier molecular flexibility index (Phi) is 6.03. The Labute approximate surface area is 190 Å². The molecule has 0 nitrogen and oxygen atoms in total. The Morgan fingerprint density at radius 1 is 0.769 bits per heavy atom. The highest BCUT2D eigenvalue weighted by Gasteiger charge is 2.69. The van der Waals surface area contributed by atoms with Crippen molar-refractivity contribution in [2.45, 2.75) is 12.1 Å². The SMILES string of the molecule is [2H]C1(I)C(I)(I)C([2H])(I)C(I)(I)C1(I)I. The third-order valence-corrected chi connectivity index (χ3v) is 24.7. The van der Waals surface area contributed by atoms with E-state index in [2.05, 4.69) is 181 Å². The first-order chi connectivity index (χ1) is 6.25. The van der Waals surface area contributed by atoms with Crippen LogP contribution in [0.1, 0.15) is 2.74 Å². The zero-order chi connectivity index (χ0) is 12.5. The molecule has 0 heterocycles. The second-order valence-electron chi connectivity index (χ2n) is 2.35. The largest absolute Gasteiger partial charge is 0.112 e. The van der Waals surface area contributed by atoms with Crippen LogP contribution in [0.4, 0.5) is 0 Å². The van der Waals surface area contributed by atoms with Crippen LogP contribution in [0.25, 0.3) is 0 Å². The van der Waals surface area contributed by atoms with Gasteiger partial charge in [0.2, 0.25) is 0 Å². The number of hydrogen-bond acceptors (Lipinski definition) is 0. The van der Waals surface area contributed by atoms with E-state index in [1.807, 2.05) is 0 Å². The van der Waals surface area contributed by atoms with Gasteiger partial charge < -0.3 is 0 Å². The number of halogens is 8. The molecule has 1 aliphatic rings. The molecule has 0 radical (unpaired) electrons. The predicted octanol–water partition coefficient (Wildman–Crippen LogP) is 6.31. The Morgan fingerprint density at radius 3 is 1.08 bits per heavy atom. The average Bonchev–Trinajstić information content (AvgIpc) is 2.04. The summed E-state index contributed by atoms with van der Waals surface area (Å²) in [6, 6.07) is 0. The average molecular weight is 1080 g/mol. The molecule has 8 heteroatoms. The van der Waals surface area contributed by atoms with Crippen LogP contribution in [0.2, 0.25) is 0 Å². The van der Waals surface area contributed by atoms with Gasteiger partial charge >= 0.3 is 0 Å².